The number of ether oxygens (including phenoxy) is 2. The number of nitrogen functional groups attached to an aromatic ring is 2. The summed E-state index contributed by atoms with van der Waals surface area (Å²) in [5, 5.41) is 10.4. The molecule has 1 saturated heterocycles. The van der Waals surface area contributed by atoms with Gasteiger partial charge in [-0.25, -0.2) is 0 Å². The molecule has 6 heteroatoms. The number of piperidine rings is 1. The van der Waals surface area contributed by atoms with Crippen molar-refractivity contribution in [3.8, 4) is 11.5 Å². The van der Waals surface area contributed by atoms with E-state index in [1.54, 1.807) is 0 Å². The fourth-order valence-electron chi connectivity index (χ4n) is 3.65. The van der Waals surface area contributed by atoms with E-state index in [1.807, 2.05) is 50.2 Å². The van der Waals surface area contributed by atoms with E-state index in [1.165, 1.54) is 0 Å². The average molecular weight is 400 g/mol. The molecule has 1 aliphatic rings. The molecule has 6 nitrogen and oxygen atoms in total. The Kier molecular flexibility index (Phi) is 7.23. The minimum absolute atomic E-state index is 0.198. The van der Waals surface area contributed by atoms with Gasteiger partial charge in [-0.05, 0) is 75.0 Å². The SMILES string of the molecule is Cc1cc(OCC(O)CN2CCC(COc3ccccc3)CC2)c(N)c(N)c1C. The summed E-state index contributed by atoms with van der Waals surface area (Å²) in [7, 11) is 0. The van der Waals surface area contributed by atoms with Crippen LogP contribution in [0, 0.1) is 19.8 Å². The van der Waals surface area contributed by atoms with Crippen LogP contribution in [0.1, 0.15) is 24.0 Å². The molecule has 0 saturated carbocycles. The third kappa shape index (κ3) is 5.78. The topological polar surface area (TPSA) is 94.0 Å². The number of anilines is 2. The number of hydrogen-bond donors (Lipinski definition) is 3. The second-order valence-electron chi connectivity index (χ2n) is 7.98. The lowest BCUT2D eigenvalue weighted by atomic mass is 9.97. The van der Waals surface area contributed by atoms with Crippen molar-refractivity contribution in [1.29, 1.82) is 0 Å². The lowest BCUT2D eigenvalue weighted by Crippen LogP contribution is -2.41. The van der Waals surface area contributed by atoms with Crippen molar-refractivity contribution in [3.05, 3.63) is 47.5 Å². The first kappa shape index (κ1) is 21.3. The molecule has 1 heterocycles. The number of aryl methyl sites for hydroxylation is 1. The van der Waals surface area contributed by atoms with Gasteiger partial charge in [-0.1, -0.05) is 18.2 Å². The van der Waals surface area contributed by atoms with Crippen molar-refractivity contribution < 1.29 is 14.6 Å². The number of nitrogens with zero attached hydrogens (tertiary/aromatic N) is 1. The van der Waals surface area contributed by atoms with Crippen LogP contribution in [0.15, 0.2) is 36.4 Å². The molecule has 2 aromatic rings. The maximum absolute atomic E-state index is 10.4. The Labute approximate surface area is 173 Å². The summed E-state index contributed by atoms with van der Waals surface area (Å²) in [6.45, 7) is 7.36. The van der Waals surface area contributed by atoms with Crippen LogP contribution in [0.4, 0.5) is 11.4 Å². The predicted octanol–water partition coefficient (Wildman–Crippen LogP) is 3.00. The van der Waals surface area contributed by atoms with Crippen LogP contribution in [0.5, 0.6) is 11.5 Å². The lowest BCUT2D eigenvalue weighted by molar-refractivity contribution is 0.0505. The van der Waals surface area contributed by atoms with Gasteiger partial charge in [-0.2, -0.15) is 0 Å². The molecule has 29 heavy (non-hydrogen) atoms. The molecule has 0 amide bonds. The summed E-state index contributed by atoms with van der Waals surface area (Å²) in [5.74, 6) is 2.02. The Balaban J connectivity index is 1.39. The standard InChI is InChI=1S/C23H33N3O3/c1-16-12-21(23(25)22(24)17(16)2)29-15-19(27)13-26-10-8-18(9-11-26)14-28-20-6-4-3-5-7-20/h3-7,12,18-19,27H,8-11,13-15,24-25H2,1-2H3. The summed E-state index contributed by atoms with van der Waals surface area (Å²) in [6, 6.07) is 11.8. The molecule has 1 aliphatic heterocycles. The van der Waals surface area contributed by atoms with E-state index in [2.05, 4.69) is 4.90 Å². The number of β-amino-alcohol motifs (C(OH)–C–C–N with tert-alkyl or cyclic N) is 1. The zero-order valence-corrected chi connectivity index (χ0v) is 17.4. The monoisotopic (exact) mass is 399 g/mol. The van der Waals surface area contributed by atoms with Crippen LogP contribution in [0.25, 0.3) is 0 Å². The van der Waals surface area contributed by atoms with Crippen molar-refractivity contribution in [3.63, 3.8) is 0 Å². The largest absolute Gasteiger partial charge is 0.493 e. The van der Waals surface area contributed by atoms with E-state index >= 15 is 0 Å². The van der Waals surface area contributed by atoms with Crippen LogP contribution >= 0.6 is 0 Å². The Hall–Kier alpha value is -2.44. The molecule has 0 aromatic heterocycles. The van der Waals surface area contributed by atoms with Crippen LogP contribution in [-0.4, -0.2) is 49.0 Å². The zero-order valence-electron chi connectivity index (χ0n) is 17.4. The third-order valence-corrected chi connectivity index (χ3v) is 5.73. The number of benzene rings is 2. The molecule has 5 N–H and O–H groups in total. The quantitative estimate of drug-likeness (QED) is 0.591. The normalized spacial score (nSPS) is 16.5. The molecule has 158 valence electrons. The van der Waals surface area contributed by atoms with Gasteiger partial charge in [-0.3, -0.25) is 0 Å². The Bertz CT molecular complexity index is 790. The molecule has 3 rings (SSSR count). The van der Waals surface area contributed by atoms with Crippen molar-refractivity contribution in [1.82, 2.24) is 4.90 Å². The highest BCUT2D eigenvalue weighted by Gasteiger charge is 2.22. The minimum Gasteiger partial charge on any atom is -0.493 e. The first-order valence-electron chi connectivity index (χ1n) is 10.3. The maximum atomic E-state index is 10.4. The zero-order chi connectivity index (χ0) is 20.8. The maximum Gasteiger partial charge on any atom is 0.144 e. The van der Waals surface area contributed by atoms with E-state index in [9.17, 15) is 5.11 Å². The van der Waals surface area contributed by atoms with E-state index in [0.29, 0.717) is 29.6 Å². The van der Waals surface area contributed by atoms with Crippen LogP contribution in [0.3, 0.4) is 0 Å². The van der Waals surface area contributed by atoms with Gasteiger partial charge in [0.15, 0.2) is 0 Å². The second-order valence-corrected chi connectivity index (χ2v) is 7.98. The highest BCUT2D eigenvalue weighted by Crippen LogP contribution is 2.33. The highest BCUT2D eigenvalue weighted by atomic mass is 16.5. The first-order chi connectivity index (χ1) is 13.9. The molecule has 0 bridgehead atoms. The second kappa shape index (κ2) is 9.85. The highest BCUT2D eigenvalue weighted by molar-refractivity contribution is 5.75. The Morgan fingerprint density at radius 1 is 1.07 bits per heavy atom. The van der Waals surface area contributed by atoms with Gasteiger partial charge in [-0.15, -0.1) is 0 Å². The van der Waals surface area contributed by atoms with Gasteiger partial charge < -0.3 is 30.9 Å². The average Bonchev–Trinajstić information content (AvgIpc) is 2.74. The van der Waals surface area contributed by atoms with E-state index in [-0.39, 0.29) is 6.61 Å². The minimum atomic E-state index is -0.575. The Morgan fingerprint density at radius 3 is 2.45 bits per heavy atom. The molecular formula is C23H33N3O3. The molecule has 1 atom stereocenters. The van der Waals surface area contributed by atoms with Gasteiger partial charge >= 0.3 is 0 Å². The number of rotatable bonds is 8. The summed E-state index contributed by atoms with van der Waals surface area (Å²) in [6.07, 6.45) is 1.57. The smallest absolute Gasteiger partial charge is 0.144 e. The van der Waals surface area contributed by atoms with Gasteiger partial charge in [0.2, 0.25) is 0 Å². The van der Waals surface area contributed by atoms with E-state index in [0.717, 1.165) is 49.4 Å². The van der Waals surface area contributed by atoms with Crippen molar-refractivity contribution >= 4 is 11.4 Å². The Morgan fingerprint density at radius 2 is 1.76 bits per heavy atom. The fraction of sp³-hybridized carbons (Fsp3) is 0.478. The predicted molar refractivity (Wildman–Crippen MR) is 117 cm³/mol. The fourth-order valence-corrected chi connectivity index (χ4v) is 3.65. The number of likely N-dealkylation sites (tertiary alicyclic amines) is 1. The van der Waals surface area contributed by atoms with Crippen LogP contribution in [-0.2, 0) is 0 Å². The van der Waals surface area contributed by atoms with Gasteiger partial charge in [0.05, 0.1) is 18.0 Å². The summed E-state index contributed by atoms with van der Waals surface area (Å²) < 4.78 is 11.6. The molecule has 2 aromatic carbocycles. The molecule has 1 unspecified atom stereocenters. The van der Waals surface area contributed by atoms with Crippen molar-refractivity contribution in [2.75, 3.05) is 44.3 Å². The number of aliphatic hydroxyl groups is 1. The molecule has 0 aliphatic carbocycles. The van der Waals surface area contributed by atoms with Gasteiger partial charge in [0.1, 0.15) is 24.2 Å². The van der Waals surface area contributed by atoms with Crippen LogP contribution < -0.4 is 20.9 Å². The third-order valence-electron chi connectivity index (χ3n) is 5.73. The van der Waals surface area contributed by atoms with Crippen molar-refractivity contribution in [2.45, 2.75) is 32.8 Å². The van der Waals surface area contributed by atoms with Gasteiger partial charge in [0, 0.05) is 6.54 Å². The number of nitrogens with two attached hydrogens (primary N) is 2. The van der Waals surface area contributed by atoms with Crippen LogP contribution in [0.2, 0.25) is 0 Å². The van der Waals surface area contributed by atoms with Gasteiger partial charge in [0.25, 0.3) is 0 Å². The van der Waals surface area contributed by atoms with Crippen molar-refractivity contribution in [2.24, 2.45) is 5.92 Å². The first-order valence-corrected chi connectivity index (χ1v) is 10.3. The number of aliphatic hydroxyl groups excluding tert-OH is 1. The van der Waals surface area contributed by atoms with E-state index in [4.69, 9.17) is 20.9 Å². The summed E-state index contributed by atoms with van der Waals surface area (Å²) in [5.41, 5.74) is 15.1. The number of hydrogen-bond acceptors (Lipinski definition) is 6. The summed E-state index contributed by atoms with van der Waals surface area (Å²) in [4.78, 5) is 2.28. The molecule has 0 radical (unpaired) electrons. The molecule has 0 spiro atoms. The van der Waals surface area contributed by atoms with E-state index < -0.39 is 6.10 Å². The molecule has 1 fully saturated rings. The summed E-state index contributed by atoms with van der Waals surface area (Å²) >= 11 is 0. The lowest BCUT2D eigenvalue weighted by Gasteiger charge is -2.33. The molecular weight excluding hydrogens is 366 g/mol. The number of para-hydroxylation sites is 1.